The number of hydrogen-bond donors (Lipinski definition) is 1. The molecule has 0 bridgehead atoms. The van der Waals surface area contributed by atoms with Crippen molar-refractivity contribution in [2.75, 3.05) is 18.6 Å². The van der Waals surface area contributed by atoms with E-state index in [4.69, 9.17) is 0 Å². The largest absolute Gasteiger partial charge is 0.316 e. The van der Waals surface area contributed by atoms with Gasteiger partial charge in [-0.15, -0.1) is 0 Å². The van der Waals surface area contributed by atoms with Crippen LogP contribution in [0.25, 0.3) is 0 Å². The Hall–Kier alpha value is -0.470. The average Bonchev–Trinajstić information content (AvgIpc) is 2.30. The number of benzene rings is 1. The lowest BCUT2D eigenvalue weighted by atomic mass is 9.74. The first kappa shape index (κ1) is 12.0. The first-order valence-corrected chi connectivity index (χ1v) is 7.33. The molecule has 1 nitrogen and oxygen atoms in total. The van der Waals surface area contributed by atoms with Gasteiger partial charge in [-0.2, -0.15) is 11.8 Å². The highest BCUT2D eigenvalue weighted by atomic mass is 32.2. The van der Waals surface area contributed by atoms with Crippen molar-refractivity contribution in [3.8, 4) is 0 Å². The molecule has 16 heavy (non-hydrogen) atoms. The first-order chi connectivity index (χ1) is 7.85. The Balaban J connectivity index is 1.87. The SMILES string of the molecule is CCSCC(CC1Cc2ccccc21)NC. The molecule has 2 rings (SSSR count). The summed E-state index contributed by atoms with van der Waals surface area (Å²) >= 11 is 2.04. The standard InChI is InChI=1S/C14H21NS/c1-3-16-10-13(15-2)9-12-8-11-6-4-5-7-14(11)12/h4-7,12-13,15H,3,8-10H2,1-2H3. The molecule has 0 radical (unpaired) electrons. The Morgan fingerprint density at radius 2 is 2.25 bits per heavy atom. The van der Waals surface area contributed by atoms with E-state index >= 15 is 0 Å². The van der Waals surface area contributed by atoms with E-state index in [-0.39, 0.29) is 0 Å². The molecule has 0 amide bonds. The molecule has 0 spiro atoms. The molecule has 0 aliphatic heterocycles. The summed E-state index contributed by atoms with van der Waals surface area (Å²) in [6.45, 7) is 2.23. The summed E-state index contributed by atoms with van der Waals surface area (Å²) in [7, 11) is 2.09. The molecule has 2 heteroatoms. The molecular weight excluding hydrogens is 214 g/mol. The third-order valence-electron chi connectivity index (χ3n) is 3.46. The summed E-state index contributed by atoms with van der Waals surface area (Å²) in [5.41, 5.74) is 3.15. The van der Waals surface area contributed by atoms with Crippen LogP contribution in [0.1, 0.15) is 30.4 Å². The first-order valence-electron chi connectivity index (χ1n) is 6.18. The predicted molar refractivity (Wildman–Crippen MR) is 73.4 cm³/mol. The number of thioether (sulfide) groups is 1. The highest BCUT2D eigenvalue weighted by molar-refractivity contribution is 7.99. The monoisotopic (exact) mass is 235 g/mol. The molecule has 1 N–H and O–H groups in total. The lowest BCUT2D eigenvalue weighted by Crippen LogP contribution is -2.32. The summed E-state index contributed by atoms with van der Waals surface area (Å²) < 4.78 is 0. The van der Waals surface area contributed by atoms with E-state index < -0.39 is 0 Å². The van der Waals surface area contributed by atoms with Crippen LogP contribution < -0.4 is 5.32 Å². The Morgan fingerprint density at radius 1 is 1.44 bits per heavy atom. The number of hydrogen-bond acceptors (Lipinski definition) is 2. The van der Waals surface area contributed by atoms with Gasteiger partial charge in [0.25, 0.3) is 0 Å². The molecular formula is C14H21NS. The average molecular weight is 235 g/mol. The summed E-state index contributed by atoms with van der Waals surface area (Å²) in [5.74, 6) is 3.26. The lowest BCUT2D eigenvalue weighted by molar-refractivity contribution is 0.468. The van der Waals surface area contributed by atoms with Gasteiger partial charge < -0.3 is 5.32 Å². The Bertz CT molecular complexity index is 337. The molecule has 0 aromatic heterocycles. The van der Waals surface area contributed by atoms with Crippen LogP contribution in [0.4, 0.5) is 0 Å². The highest BCUT2D eigenvalue weighted by Crippen LogP contribution is 2.38. The zero-order chi connectivity index (χ0) is 11.4. The molecule has 2 atom stereocenters. The number of rotatable bonds is 6. The van der Waals surface area contributed by atoms with Crippen LogP contribution in [-0.2, 0) is 6.42 Å². The van der Waals surface area contributed by atoms with Gasteiger partial charge in [-0.05, 0) is 42.7 Å². The lowest BCUT2D eigenvalue weighted by Gasteiger charge is -2.33. The molecule has 0 saturated carbocycles. The quantitative estimate of drug-likeness (QED) is 0.813. The zero-order valence-electron chi connectivity index (χ0n) is 10.2. The predicted octanol–water partition coefficient (Wildman–Crippen LogP) is 3.06. The van der Waals surface area contributed by atoms with Gasteiger partial charge in [0.15, 0.2) is 0 Å². The Labute approximate surface area is 103 Å². The van der Waals surface area contributed by atoms with Crippen LogP contribution in [-0.4, -0.2) is 24.6 Å². The molecule has 1 aliphatic rings. The van der Waals surface area contributed by atoms with Crippen LogP contribution in [0.3, 0.4) is 0 Å². The van der Waals surface area contributed by atoms with E-state index in [2.05, 4.69) is 43.6 Å². The van der Waals surface area contributed by atoms with Crippen molar-refractivity contribution in [3.63, 3.8) is 0 Å². The maximum atomic E-state index is 3.45. The van der Waals surface area contributed by atoms with Crippen LogP contribution in [0.15, 0.2) is 24.3 Å². The smallest absolute Gasteiger partial charge is 0.0161 e. The second-order valence-corrected chi connectivity index (χ2v) is 5.80. The van der Waals surface area contributed by atoms with Gasteiger partial charge in [-0.3, -0.25) is 0 Å². The van der Waals surface area contributed by atoms with Crippen molar-refractivity contribution in [1.29, 1.82) is 0 Å². The second kappa shape index (κ2) is 5.74. The topological polar surface area (TPSA) is 12.0 Å². The molecule has 88 valence electrons. The van der Waals surface area contributed by atoms with E-state index in [0.29, 0.717) is 6.04 Å². The van der Waals surface area contributed by atoms with Crippen LogP contribution in [0.2, 0.25) is 0 Å². The zero-order valence-corrected chi connectivity index (χ0v) is 11.0. The van der Waals surface area contributed by atoms with Crippen molar-refractivity contribution in [1.82, 2.24) is 5.32 Å². The maximum Gasteiger partial charge on any atom is 0.0161 e. The Kier molecular flexibility index (Phi) is 4.30. The minimum Gasteiger partial charge on any atom is -0.316 e. The van der Waals surface area contributed by atoms with E-state index in [1.807, 2.05) is 11.8 Å². The summed E-state index contributed by atoms with van der Waals surface area (Å²) in [6, 6.07) is 9.55. The molecule has 1 aromatic rings. The van der Waals surface area contributed by atoms with E-state index in [0.717, 1.165) is 5.92 Å². The van der Waals surface area contributed by atoms with E-state index in [9.17, 15) is 0 Å². The van der Waals surface area contributed by atoms with Gasteiger partial charge in [0.2, 0.25) is 0 Å². The molecule has 0 fully saturated rings. The second-order valence-electron chi connectivity index (χ2n) is 4.48. The van der Waals surface area contributed by atoms with E-state index in [1.54, 1.807) is 11.1 Å². The van der Waals surface area contributed by atoms with Crippen LogP contribution in [0.5, 0.6) is 0 Å². The molecule has 0 saturated heterocycles. The number of fused-ring (bicyclic) bond motifs is 1. The summed E-state index contributed by atoms with van der Waals surface area (Å²) in [4.78, 5) is 0. The van der Waals surface area contributed by atoms with Crippen molar-refractivity contribution < 1.29 is 0 Å². The number of nitrogens with one attached hydrogen (secondary N) is 1. The minimum atomic E-state index is 0.670. The van der Waals surface area contributed by atoms with Crippen molar-refractivity contribution in [3.05, 3.63) is 35.4 Å². The third kappa shape index (κ3) is 2.61. The van der Waals surface area contributed by atoms with Gasteiger partial charge in [0.1, 0.15) is 0 Å². The van der Waals surface area contributed by atoms with Gasteiger partial charge in [0, 0.05) is 11.8 Å². The fraction of sp³-hybridized carbons (Fsp3) is 0.571. The normalized spacial score (nSPS) is 20.0. The fourth-order valence-electron chi connectivity index (χ4n) is 2.45. The molecule has 1 aromatic carbocycles. The fourth-order valence-corrected chi connectivity index (χ4v) is 3.27. The third-order valence-corrected chi connectivity index (χ3v) is 4.51. The molecule has 2 unspecified atom stereocenters. The summed E-state index contributed by atoms with van der Waals surface area (Å²) in [5, 5.41) is 3.45. The van der Waals surface area contributed by atoms with Gasteiger partial charge in [0.05, 0.1) is 0 Å². The maximum absolute atomic E-state index is 3.45. The molecule has 0 heterocycles. The highest BCUT2D eigenvalue weighted by Gasteiger charge is 2.27. The van der Waals surface area contributed by atoms with Gasteiger partial charge in [-0.1, -0.05) is 31.2 Å². The van der Waals surface area contributed by atoms with Crippen molar-refractivity contribution >= 4 is 11.8 Å². The van der Waals surface area contributed by atoms with Crippen molar-refractivity contribution in [2.45, 2.75) is 31.7 Å². The Morgan fingerprint density at radius 3 is 2.94 bits per heavy atom. The summed E-state index contributed by atoms with van der Waals surface area (Å²) in [6.07, 6.45) is 2.58. The van der Waals surface area contributed by atoms with Crippen molar-refractivity contribution in [2.24, 2.45) is 0 Å². The van der Waals surface area contributed by atoms with Crippen LogP contribution >= 0.6 is 11.8 Å². The molecule has 1 aliphatic carbocycles. The van der Waals surface area contributed by atoms with Crippen LogP contribution in [0, 0.1) is 0 Å². The van der Waals surface area contributed by atoms with E-state index in [1.165, 1.54) is 24.3 Å². The minimum absolute atomic E-state index is 0.670. The van der Waals surface area contributed by atoms with Gasteiger partial charge >= 0.3 is 0 Å². The van der Waals surface area contributed by atoms with Gasteiger partial charge in [-0.25, -0.2) is 0 Å².